The lowest BCUT2D eigenvalue weighted by atomic mass is 10.4. The van der Waals surface area contributed by atoms with Crippen LogP contribution in [0.1, 0.15) is 6.42 Å². The number of rotatable bonds is 0. The predicted octanol–water partition coefficient (Wildman–Crippen LogP) is 0.740. The third kappa shape index (κ3) is 1.60. The predicted molar refractivity (Wildman–Crippen MR) is 32.5 cm³/mol. The van der Waals surface area contributed by atoms with Crippen LogP contribution in [0.2, 0.25) is 0 Å². The fourth-order valence-electron chi connectivity index (χ4n) is 0.499. The molecule has 0 aromatic carbocycles. The van der Waals surface area contributed by atoms with E-state index < -0.39 is 8.10 Å². The van der Waals surface area contributed by atoms with Gasteiger partial charge in [-0.05, 0) is 6.42 Å². The van der Waals surface area contributed by atoms with Crippen LogP contribution in [0.15, 0.2) is 12.3 Å². The van der Waals surface area contributed by atoms with E-state index in [2.05, 4.69) is 10.2 Å². The molecule has 0 saturated heterocycles. The molecule has 0 saturated carbocycles. The van der Waals surface area contributed by atoms with Gasteiger partial charge in [-0.25, -0.2) is 9.65 Å². The second kappa shape index (κ2) is 2.80. The van der Waals surface area contributed by atoms with Crippen LogP contribution < -0.4 is 10.2 Å². The Labute approximate surface area is 49.1 Å². The van der Waals surface area contributed by atoms with Crippen LogP contribution in [-0.2, 0) is 4.57 Å². The Balaban J connectivity index is 2.41. The second-order valence-corrected chi connectivity index (χ2v) is 2.69. The van der Waals surface area contributed by atoms with Crippen molar-refractivity contribution in [2.24, 2.45) is 0 Å². The monoisotopic (exact) mass is 131 g/mol. The molecule has 0 spiro atoms. The summed E-state index contributed by atoms with van der Waals surface area (Å²) in [4.78, 5) is 0. The number of nitrogens with one attached hydrogen (secondary N) is 2. The lowest BCUT2D eigenvalue weighted by molar-refractivity contribution is 0.577. The highest BCUT2D eigenvalue weighted by atomic mass is 31.1. The van der Waals surface area contributed by atoms with E-state index in [-0.39, 0.29) is 0 Å². The van der Waals surface area contributed by atoms with Gasteiger partial charge in [0.25, 0.3) is 8.10 Å². The quantitative estimate of drug-likeness (QED) is 0.476. The molecule has 4 heteroatoms. The highest BCUT2D eigenvalue weighted by Crippen LogP contribution is 2.08. The van der Waals surface area contributed by atoms with Crippen molar-refractivity contribution in [3.05, 3.63) is 12.3 Å². The molecule has 45 valence electrons. The van der Waals surface area contributed by atoms with Crippen LogP contribution in [0.5, 0.6) is 0 Å². The number of hydrogen-bond acceptors (Lipinski definition) is 1. The lowest BCUT2D eigenvalue weighted by Gasteiger charge is -1.94. The van der Waals surface area contributed by atoms with Gasteiger partial charge in [-0.3, -0.25) is 0 Å². The van der Waals surface area contributed by atoms with Crippen molar-refractivity contribution < 1.29 is 4.57 Å². The first-order chi connectivity index (χ1) is 3.89. The summed E-state index contributed by atoms with van der Waals surface area (Å²) in [6.45, 7) is 0.804. The molecule has 0 aliphatic carbocycles. The molecule has 2 N–H and O–H groups in total. The largest absolute Gasteiger partial charge is 0.310 e. The first-order valence-corrected chi connectivity index (χ1v) is 3.77. The zero-order valence-electron chi connectivity index (χ0n) is 4.42. The van der Waals surface area contributed by atoms with Crippen LogP contribution in [0.4, 0.5) is 0 Å². The van der Waals surface area contributed by atoms with Crippen molar-refractivity contribution >= 4 is 8.10 Å². The average molecular weight is 131 g/mol. The van der Waals surface area contributed by atoms with Crippen LogP contribution in [0.3, 0.4) is 0 Å². The highest BCUT2D eigenvalue weighted by Gasteiger charge is 1.95. The Morgan fingerprint density at radius 3 is 3.38 bits per heavy atom. The first-order valence-electron chi connectivity index (χ1n) is 2.51. The SMILES string of the molecule is O=[P]1NC=CCCN1. The molecule has 0 bridgehead atoms. The Hall–Kier alpha value is -0.400. The van der Waals surface area contributed by atoms with Crippen molar-refractivity contribution in [2.75, 3.05) is 6.54 Å². The summed E-state index contributed by atoms with van der Waals surface area (Å²) in [5.74, 6) is 0. The molecule has 1 aliphatic heterocycles. The summed E-state index contributed by atoms with van der Waals surface area (Å²) in [5, 5.41) is 5.44. The van der Waals surface area contributed by atoms with E-state index in [9.17, 15) is 4.57 Å². The van der Waals surface area contributed by atoms with Gasteiger partial charge in [0.15, 0.2) is 0 Å². The summed E-state index contributed by atoms with van der Waals surface area (Å²) in [6.07, 6.45) is 4.63. The lowest BCUT2D eigenvalue weighted by Crippen LogP contribution is -2.06. The van der Waals surface area contributed by atoms with Crippen LogP contribution >= 0.6 is 8.10 Å². The summed E-state index contributed by atoms with van der Waals surface area (Å²) in [5.41, 5.74) is 0. The van der Waals surface area contributed by atoms with E-state index in [4.69, 9.17) is 0 Å². The normalized spacial score (nSPS) is 24.2. The molecule has 1 radical (unpaired) electrons. The molecule has 0 amide bonds. The third-order valence-corrected chi connectivity index (χ3v) is 1.77. The highest BCUT2D eigenvalue weighted by molar-refractivity contribution is 7.40. The zero-order valence-corrected chi connectivity index (χ0v) is 5.32. The summed E-state index contributed by atoms with van der Waals surface area (Å²) in [6, 6.07) is 0. The van der Waals surface area contributed by atoms with Gasteiger partial charge >= 0.3 is 0 Å². The van der Waals surface area contributed by atoms with Gasteiger partial charge in [0.2, 0.25) is 0 Å². The maximum Gasteiger partial charge on any atom is 0.251 e. The molecule has 1 heterocycles. The molecular weight excluding hydrogens is 123 g/mol. The Kier molecular flexibility index (Phi) is 2.00. The Morgan fingerprint density at radius 1 is 1.62 bits per heavy atom. The van der Waals surface area contributed by atoms with Crippen molar-refractivity contribution in [2.45, 2.75) is 6.42 Å². The molecule has 3 nitrogen and oxygen atoms in total. The van der Waals surface area contributed by atoms with Gasteiger partial charge in [-0.2, -0.15) is 0 Å². The van der Waals surface area contributed by atoms with Crippen molar-refractivity contribution in [1.82, 2.24) is 10.2 Å². The smallest absolute Gasteiger partial charge is 0.251 e. The maximum atomic E-state index is 10.6. The molecule has 1 aliphatic rings. The second-order valence-electron chi connectivity index (χ2n) is 1.52. The molecule has 8 heavy (non-hydrogen) atoms. The standard InChI is InChI=1S/C4H8N2OP/c7-8-5-3-1-2-4-6-8/h1,3H,2,4H2,(H2,5,6,7). The van der Waals surface area contributed by atoms with Gasteiger partial charge in [-0.15, -0.1) is 0 Å². The van der Waals surface area contributed by atoms with Crippen molar-refractivity contribution in [3.63, 3.8) is 0 Å². The molecule has 1 atom stereocenters. The number of hydrogen-bond donors (Lipinski definition) is 2. The van der Waals surface area contributed by atoms with Gasteiger partial charge in [0.1, 0.15) is 0 Å². The fraction of sp³-hybridized carbons (Fsp3) is 0.500. The van der Waals surface area contributed by atoms with E-state index in [1.165, 1.54) is 0 Å². The van der Waals surface area contributed by atoms with E-state index in [1.807, 2.05) is 6.08 Å². The summed E-state index contributed by atoms with van der Waals surface area (Å²) >= 11 is 0. The molecule has 1 rings (SSSR count). The van der Waals surface area contributed by atoms with Crippen LogP contribution in [-0.4, -0.2) is 6.54 Å². The molecule has 0 fully saturated rings. The maximum absolute atomic E-state index is 10.6. The Bertz CT molecular complexity index is 123. The average Bonchev–Trinajstić information content (AvgIpc) is 1.94. The van der Waals surface area contributed by atoms with Gasteiger partial charge in [0, 0.05) is 12.7 Å². The molecular formula is C4H8N2OP. The van der Waals surface area contributed by atoms with Gasteiger partial charge < -0.3 is 5.09 Å². The van der Waals surface area contributed by atoms with E-state index in [0.29, 0.717) is 0 Å². The van der Waals surface area contributed by atoms with Gasteiger partial charge in [0.05, 0.1) is 0 Å². The molecule has 0 aromatic rings. The Morgan fingerprint density at radius 2 is 2.50 bits per heavy atom. The first kappa shape index (κ1) is 5.73. The van der Waals surface area contributed by atoms with E-state index in [0.717, 1.165) is 13.0 Å². The summed E-state index contributed by atoms with van der Waals surface area (Å²) in [7, 11) is -1.36. The minimum absolute atomic E-state index is 0.804. The van der Waals surface area contributed by atoms with Crippen molar-refractivity contribution in [1.29, 1.82) is 0 Å². The molecule has 1 unspecified atom stereocenters. The van der Waals surface area contributed by atoms with Crippen LogP contribution in [0, 0.1) is 0 Å². The van der Waals surface area contributed by atoms with E-state index >= 15 is 0 Å². The topological polar surface area (TPSA) is 41.1 Å². The summed E-state index contributed by atoms with van der Waals surface area (Å²) < 4.78 is 10.6. The molecule has 0 aromatic heterocycles. The van der Waals surface area contributed by atoms with E-state index in [1.54, 1.807) is 6.20 Å². The minimum atomic E-state index is -1.36. The van der Waals surface area contributed by atoms with Crippen LogP contribution in [0.25, 0.3) is 0 Å². The minimum Gasteiger partial charge on any atom is -0.310 e. The zero-order chi connectivity index (χ0) is 5.82. The third-order valence-electron chi connectivity index (χ3n) is 0.876. The van der Waals surface area contributed by atoms with Crippen molar-refractivity contribution in [3.8, 4) is 0 Å². The van der Waals surface area contributed by atoms with Gasteiger partial charge in [-0.1, -0.05) is 6.08 Å². The fourth-order valence-corrected chi connectivity index (χ4v) is 1.16.